The Hall–Kier alpha value is -0.580. The summed E-state index contributed by atoms with van der Waals surface area (Å²) >= 11 is 1.73. The highest BCUT2D eigenvalue weighted by molar-refractivity contribution is 7.11. The zero-order chi connectivity index (χ0) is 11.4. The van der Waals surface area contributed by atoms with Crippen LogP contribution in [0.3, 0.4) is 0 Å². The van der Waals surface area contributed by atoms with Crippen molar-refractivity contribution in [2.24, 2.45) is 5.92 Å². The van der Waals surface area contributed by atoms with E-state index in [1.54, 1.807) is 11.3 Å². The molecule has 0 unspecified atom stereocenters. The Morgan fingerprint density at radius 1 is 1.47 bits per heavy atom. The first-order valence-electron chi connectivity index (χ1n) is 5.77. The van der Waals surface area contributed by atoms with Crippen LogP contribution in [-0.4, -0.2) is 19.0 Å². The van der Waals surface area contributed by atoms with Gasteiger partial charge in [0.2, 0.25) is 5.91 Å². The van der Waals surface area contributed by atoms with Crippen molar-refractivity contribution in [3.8, 4) is 0 Å². The fraction of sp³-hybridized carbons (Fsp3) is 0.583. The molecule has 1 saturated carbocycles. The molecule has 0 bridgehead atoms. The zero-order valence-corrected chi connectivity index (χ0v) is 11.6. The number of hydrogen-bond acceptors (Lipinski definition) is 3. The lowest BCUT2D eigenvalue weighted by Crippen LogP contribution is -2.34. The van der Waals surface area contributed by atoms with Gasteiger partial charge in [0, 0.05) is 9.75 Å². The largest absolute Gasteiger partial charge is 0.350 e. The van der Waals surface area contributed by atoms with Gasteiger partial charge in [-0.1, -0.05) is 0 Å². The molecule has 0 atom stereocenters. The lowest BCUT2D eigenvalue weighted by atomic mass is 10.4. The first-order chi connectivity index (χ1) is 7.74. The Morgan fingerprint density at radius 2 is 2.24 bits per heavy atom. The van der Waals surface area contributed by atoms with E-state index >= 15 is 0 Å². The second-order valence-electron chi connectivity index (χ2n) is 4.36. The molecule has 1 aliphatic carbocycles. The normalized spacial score (nSPS) is 14.2. The summed E-state index contributed by atoms with van der Waals surface area (Å²) in [6, 6.07) is 4.15. The Kier molecular flexibility index (Phi) is 5.95. The van der Waals surface area contributed by atoms with Crippen LogP contribution < -0.4 is 10.6 Å². The van der Waals surface area contributed by atoms with E-state index < -0.39 is 0 Å². The highest BCUT2D eigenvalue weighted by Crippen LogP contribution is 2.27. The van der Waals surface area contributed by atoms with Gasteiger partial charge in [-0.15, -0.1) is 23.7 Å². The van der Waals surface area contributed by atoms with Gasteiger partial charge in [0.05, 0.1) is 13.1 Å². The fourth-order valence-electron chi connectivity index (χ4n) is 1.54. The van der Waals surface area contributed by atoms with E-state index in [9.17, 15) is 4.79 Å². The molecule has 0 spiro atoms. The molecule has 1 amide bonds. The van der Waals surface area contributed by atoms with Gasteiger partial charge in [0.15, 0.2) is 0 Å². The molecule has 2 N–H and O–H groups in total. The standard InChI is InChI=1S/C12H18N2OS.ClH/c1-9-2-5-11(16-9)7-14-12(15)8-13-6-10-3-4-10;/h2,5,10,13H,3-4,6-8H2,1H3,(H,14,15);1H. The maximum Gasteiger partial charge on any atom is 0.234 e. The van der Waals surface area contributed by atoms with Gasteiger partial charge in [-0.25, -0.2) is 0 Å². The molecule has 0 radical (unpaired) electrons. The molecule has 5 heteroatoms. The minimum absolute atomic E-state index is 0. The summed E-state index contributed by atoms with van der Waals surface area (Å²) in [5, 5.41) is 6.10. The molecule has 1 aromatic heterocycles. The lowest BCUT2D eigenvalue weighted by Gasteiger charge is -2.04. The highest BCUT2D eigenvalue weighted by atomic mass is 35.5. The van der Waals surface area contributed by atoms with E-state index in [0.29, 0.717) is 13.1 Å². The van der Waals surface area contributed by atoms with E-state index in [-0.39, 0.29) is 18.3 Å². The second-order valence-corrected chi connectivity index (χ2v) is 5.74. The van der Waals surface area contributed by atoms with Gasteiger partial charge in [-0.2, -0.15) is 0 Å². The van der Waals surface area contributed by atoms with Crippen molar-refractivity contribution in [1.82, 2.24) is 10.6 Å². The van der Waals surface area contributed by atoms with E-state index in [1.165, 1.54) is 22.6 Å². The van der Waals surface area contributed by atoms with Crippen LogP contribution in [-0.2, 0) is 11.3 Å². The number of hydrogen-bond donors (Lipinski definition) is 2. The topological polar surface area (TPSA) is 41.1 Å². The lowest BCUT2D eigenvalue weighted by molar-refractivity contribution is -0.120. The minimum Gasteiger partial charge on any atom is -0.350 e. The molecule has 1 aliphatic rings. The number of carbonyl (C=O) groups excluding carboxylic acids is 1. The van der Waals surface area contributed by atoms with Crippen LogP contribution in [0.5, 0.6) is 0 Å². The number of carbonyl (C=O) groups is 1. The monoisotopic (exact) mass is 274 g/mol. The molecular formula is C12H19ClN2OS. The molecule has 96 valence electrons. The van der Waals surface area contributed by atoms with Crippen molar-refractivity contribution in [3.63, 3.8) is 0 Å². The van der Waals surface area contributed by atoms with Crippen LogP contribution in [0, 0.1) is 12.8 Å². The summed E-state index contributed by atoms with van der Waals surface area (Å²) in [6.07, 6.45) is 2.65. The van der Waals surface area contributed by atoms with Gasteiger partial charge in [-0.3, -0.25) is 4.79 Å². The van der Waals surface area contributed by atoms with Crippen molar-refractivity contribution in [3.05, 3.63) is 21.9 Å². The Balaban J connectivity index is 0.00000144. The maximum absolute atomic E-state index is 11.5. The second kappa shape index (κ2) is 6.99. The third-order valence-corrected chi connectivity index (χ3v) is 3.67. The van der Waals surface area contributed by atoms with Crippen molar-refractivity contribution in [2.45, 2.75) is 26.3 Å². The molecule has 0 saturated heterocycles. The van der Waals surface area contributed by atoms with Crippen LogP contribution in [0.4, 0.5) is 0 Å². The average Bonchev–Trinajstić information content (AvgIpc) is 2.98. The smallest absolute Gasteiger partial charge is 0.234 e. The third kappa shape index (κ3) is 5.52. The molecule has 3 nitrogen and oxygen atoms in total. The summed E-state index contributed by atoms with van der Waals surface area (Å²) in [5.74, 6) is 0.916. The van der Waals surface area contributed by atoms with E-state index in [0.717, 1.165) is 12.5 Å². The molecule has 1 aromatic rings. The summed E-state index contributed by atoms with van der Waals surface area (Å²) in [7, 11) is 0. The first-order valence-corrected chi connectivity index (χ1v) is 6.58. The Labute approximate surface area is 112 Å². The van der Waals surface area contributed by atoms with Crippen molar-refractivity contribution >= 4 is 29.7 Å². The predicted octanol–water partition coefficient (Wildman–Crippen LogP) is 2.09. The van der Waals surface area contributed by atoms with Gasteiger partial charge >= 0.3 is 0 Å². The number of thiophene rings is 1. The summed E-state index contributed by atoms with van der Waals surface area (Å²) < 4.78 is 0. The van der Waals surface area contributed by atoms with Crippen LogP contribution in [0.25, 0.3) is 0 Å². The van der Waals surface area contributed by atoms with Crippen molar-refractivity contribution < 1.29 is 4.79 Å². The molecular weight excluding hydrogens is 256 g/mol. The summed E-state index contributed by atoms with van der Waals surface area (Å²) in [5.41, 5.74) is 0. The van der Waals surface area contributed by atoms with Gasteiger partial charge < -0.3 is 10.6 Å². The van der Waals surface area contributed by atoms with Crippen molar-refractivity contribution in [1.29, 1.82) is 0 Å². The van der Waals surface area contributed by atoms with Crippen LogP contribution >= 0.6 is 23.7 Å². The minimum atomic E-state index is 0. The van der Waals surface area contributed by atoms with E-state index in [2.05, 4.69) is 29.7 Å². The van der Waals surface area contributed by atoms with Crippen LogP contribution in [0.1, 0.15) is 22.6 Å². The fourth-order valence-corrected chi connectivity index (χ4v) is 2.37. The maximum atomic E-state index is 11.5. The van der Waals surface area contributed by atoms with Gasteiger partial charge in [0.1, 0.15) is 0 Å². The van der Waals surface area contributed by atoms with Crippen LogP contribution in [0.15, 0.2) is 12.1 Å². The molecule has 0 aliphatic heterocycles. The number of rotatable bonds is 6. The summed E-state index contributed by atoms with van der Waals surface area (Å²) in [4.78, 5) is 14.0. The molecule has 17 heavy (non-hydrogen) atoms. The number of aryl methyl sites for hydroxylation is 1. The Morgan fingerprint density at radius 3 is 2.82 bits per heavy atom. The summed E-state index contributed by atoms with van der Waals surface area (Å²) in [6.45, 7) is 4.17. The van der Waals surface area contributed by atoms with Crippen LogP contribution in [0.2, 0.25) is 0 Å². The number of amides is 1. The number of nitrogens with one attached hydrogen (secondary N) is 2. The van der Waals surface area contributed by atoms with E-state index in [4.69, 9.17) is 0 Å². The van der Waals surface area contributed by atoms with E-state index in [1.807, 2.05) is 0 Å². The predicted molar refractivity (Wildman–Crippen MR) is 73.7 cm³/mol. The molecule has 1 fully saturated rings. The molecule has 1 heterocycles. The third-order valence-electron chi connectivity index (χ3n) is 2.67. The highest BCUT2D eigenvalue weighted by Gasteiger charge is 2.20. The number of halogens is 1. The Bertz CT molecular complexity index is 363. The zero-order valence-electron chi connectivity index (χ0n) is 9.99. The average molecular weight is 275 g/mol. The quantitative estimate of drug-likeness (QED) is 0.834. The van der Waals surface area contributed by atoms with Gasteiger partial charge in [0.25, 0.3) is 0 Å². The van der Waals surface area contributed by atoms with Crippen molar-refractivity contribution in [2.75, 3.05) is 13.1 Å². The molecule has 2 rings (SSSR count). The first kappa shape index (κ1) is 14.5. The van der Waals surface area contributed by atoms with Gasteiger partial charge in [-0.05, 0) is 44.4 Å². The molecule has 0 aromatic carbocycles. The SMILES string of the molecule is Cc1ccc(CNC(=O)CNCC2CC2)s1.Cl.